The minimum Gasteiger partial charge on any atom is -0.493 e. The molecule has 1 unspecified atom stereocenters. The number of hydrogen-bond acceptors (Lipinski definition) is 5. The van der Waals surface area contributed by atoms with Gasteiger partial charge in [0.1, 0.15) is 11.7 Å². The van der Waals surface area contributed by atoms with Gasteiger partial charge < -0.3 is 10.4 Å². The van der Waals surface area contributed by atoms with E-state index in [1.807, 2.05) is 12.4 Å². The van der Waals surface area contributed by atoms with E-state index in [-0.39, 0.29) is 11.6 Å². The third-order valence-corrected chi connectivity index (χ3v) is 3.29. The van der Waals surface area contributed by atoms with E-state index in [1.165, 1.54) is 12.1 Å². The quantitative estimate of drug-likeness (QED) is 0.768. The maximum atomic E-state index is 12.3. The summed E-state index contributed by atoms with van der Waals surface area (Å²) >= 11 is 0. The first-order valence-electron chi connectivity index (χ1n) is 6.87. The van der Waals surface area contributed by atoms with Crippen LogP contribution in [0.4, 0.5) is 0 Å². The molecular formula is C17H12N3O3. The third kappa shape index (κ3) is 3.16. The molecule has 1 atom stereocenters. The van der Waals surface area contributed by atoms with E-state index in [0.717, 1.165) is 0 Å². The summed E-state index contributed by atoms with van der Waals surface area (Å²) in [6.07, 6.45) is 1.81. The SMILES string of the molecule is O=[C]C(NC(=O)c1ccc2nc(O)ccc2n1)c1ccccc1. The number of nitrogens with one attached hydrogen (secondary N) is 1. The molecule has 1 radical (unpaired) electrons. The highest BCUT2D eigenvalue weighted by molar-refractivity contribution is 5.95. The third-order valence-electron chi connectivity index (χ3n) is 3.29. The molecule has 2 N–H and O–H groups in total. The van der Waals surface area contributed by atoms with Crippen LogP contribution in [0.25, 0.3) is 11.0 Å². The number of nitrogens with zero attached hydrogens (tertiary/aromatic N) is 2. The second kappa shape index (κ2) is 6.23. The Bertz CT molecular complexity index is 865. The van der Waals surface area contributed by atoms with Gasteiger partial charge in [-0.05, 0) is 23.8 Å². The second-order valence-corrected chi connectivity index (χ2v) is 4.84. The maximum Gasteiger partial charge on any atom is 0.270 e. The molecule has 3 aromatic rings. The molecule has 113 valence electrons. The zero-order valence-electron chi connectivity index (χ0n) is 11.9. The van der Waals surface area contributed by atoms with Gasteiger partial charge >= 0.3 is 0 Å². The molecule has 6 heteroatoms. The molecule has 23 heavy (non-hydrogen) atoms. The molecule has 6 nitrogen and oxygen atoms in total. The van der Waals surface area contributed by atoms with Crippen molar-refractivity contribution in [3.8, 4) is 5.88 Å². The summed E-state index contributed by atoms with van der Waals surface area (Å²) in [5, 5.41) is 11.9. The molecule has 0 aliphatic heterocycles. The largest absolute Gasteiger partial charge is 0.493 e. The van der Waals surface area contributed by atoms with Crippen LogP contribution in [0.15, 0.2) is 54.6 Å². The number of pyridine rings is 2. The van der Waals surface area contributed by atoms with Crippen LogP contribution in [-0.4, -0.2) is 27.3 Å². The molecule has 3 rings (SSSR count). The molecule has 0 spiro atoms. The van der Waals surface area contributed by atoms with Crippen LogP contribution in [0.2, 0.25) is 0 Å². The lowest BCUT2D eigenvalue weighted by Crippen LogP contribution is -2.30. The summed E-state index contributed by atoms with van der Waals surface area (Å²) in [5.74, 6) is -0.603. The van der Waals surface area contributed by atoms with E-state index >= 15 is 0 Å². The lowest BCUT2D eigenvalue weighted by molar-refractivity contribution is 0.0941. The Hall–Kier alpha value is -3.28. The summed E-state index contributed by atoms with van der Waals surface area (Å²) in [5.41, 5.74) is 1.74. The summed E-state index contributed by atoms with van der Waals surface area (Å²) in [6.45, 7) is 0. The highest BCUT2D eigenvalue weighted by Crippen LogP contribution is 2.15. The summed E-state index contributed by atoms with van der Waals surface area (Å²) in [4.78, 5) is 31.5. The molecule has 1 amide bonds. The van der Waals surface area contributed by atoms with Gasteiger partial charge in [-0.3, -0.25) is 9.59 Å². The smallest absolute Gasteiger partial charge is 0.270 e. The van der Waals surface area contributed by atoms with Crippen molar-refractivity contribution in [1.29, 1.82) is 0 Å². The van der Waals surface area contributed by atoms with Gasteiger partial charge in [0.25, 0.3) is 5.91 Å². The number of rotatable bonds is 4. The summed E-state index contributed by atoms with van der Waals surface area (Å²) < 4.78 is 0. The number of aromatic nitrogens is 2. The minimum absolute atomic E-state index is 0.115. The number of carbonyl (C=O) groups is 1. The Balaban J connectivity index is 1.85. The number of hydrogen-bond donors (Lipinski definition) is 2. The Morgan fingerprint density at radius 1 is 1.00 bits per heavy atom. The van der Waals surface area contributed by atoms with Gasteiger partial charge in [0.05, 0.1) is 11.0 Å². The number of aromatic hydroxyl groups is 1. The van der Waals surface area contributed by atoms with Crippen molar-refractivity contribution in [3.63, 3.8) is 0 Å². The van der Waals surface area contributed by atoms with Crippen molar-refractivity contribution in [2.45, 2.75) is 6.04 Å². The standard InChI is InChI=1S/C17H12N3O3/c21-10-15(11-4-2-1-3-5-11)20-17(23)14-7-6-13-12(18-14)8-9-16(22)19-13/h1-9,15H,(H,19,22)(H,20,23). The van der Waals surface area contributed by atoms with E-state index in [2.05, 4.69) is 15.3 Å². The zero-order valence-corrected chi connectivity index (χ0v) is 11.9. The number of carbonyl (C=O) groups excluding carboxylic acids is 2. The van der Waals surface area contributed by atoms with Crippen LogP contribution in [0.5, 0.6) is 5.88 Å². The molecule has 0 saturated carbocycles. The monoisotopic (exact) mass is 306 g/mol. The lowest BCUT2D eigenvalue weighted by Gasteiger charge is -2.12. The van der Waals surface area contributed by atoms with Crippen LogP contribution in [0.1, 0.15) is 22.1 Å². The number of benzene rings is 1. The van der Waals surface area contributed by atoms with Crippen LogP contribution in [0.3, 0.4) is 0 Å². The summed E-state index contributed by atoms with van der Waals surface area (Å²) in [6, 6.07) is 14.0. The van der Waals surface area contributed by atoms with Gasteiger partial charge in [-0.2, -0.15) is 0 Å². The highest BCUT2D eigenvalue weighted by atomic mass is 16.3. The van der Waals surface area contributed by atoms with Gasteiger partial charge in [0, 0.05) is 6.07 Å². The molecular weight excluding hydrogens is 294 g/mol. The van der Waals surface area contributed by atoms with E-state index in [9.17, 15) is 14.7 Å². The van der Waals surface area contributed by atoms with E-state index in [1.54, 1.807) is 36.4 Å². The average Bonchev–Trinajstić information content (AvgIpc) is 2.59. The zero-order chi connectivity index (χ0) is 16.2. The average molecular weight is 306 g/mol. The molecule has 0 aliphatic rings. The number of fused-ring (bicyclic) bond motifs is 1. The molecule has 0 bridgehead atoms. The van der Waals surface area contributed by atoms with Gasteiger partial charge in [-0.15, -0.1) is 0 Å². The van der Waals surface area contributed by atoms with E-state index in [0.29, 0.717) is 16.6 Å². The first-order chi connectivity index (χ1) is 11.2. The van der Waals surface area contributed by atoms with Crippen molar-refractivity contribution in [3.05, 3.63) is 65.9 Å². The molecule has 0 aliphatic carbocycles. The van der Waals surface area contributed by atoms with Crippen molar-refractivity contribution in [1.82, 2.24) is 15.3 Å². The first kappa shape index (κ1) is 14.6. The lowest BCUT2D eigenvalue weighted by atomic mass is 10.1. The Labute approximate surface area is 131 Å². The predicted octanol–water partition coefficient (Wildman–Crippen LogP) is 1.92. The minimum atomic E-state index is -0.862. The fourth-order valence-electron chi connectivity index (χ4n) is 2.16. The van der Waals surface area contributed by atoms with E-state index in [4.69, 9.17) is 0 Å². The normalized spacial score (nSPS) is 11.8. The van der Waals surface area contributed by atoms with Crippen molar-refractivity contribution < 1.29 is 14.7 Å². The van der Waals surface area contributed by atoms with Gasteiger partial charge in [-0.1, -0.05) is 30.3 Å². The van der Waals surface area contributed by atoms with Crippen LogP contribution >= 0.6 is 0 Å². The molecule has 0 saturated heterocycles. The molecule has 2 heterocycles. The maximum absolute atomic E-state index is 12.3. The van der Waals surface area contributed by atoms with Gasteiger partial charge in [-0.25, -0.2) is 9.97 Å². The van der Waals surface area contributed by atoms with Crippen molar-refractivity contribution >= 4 is 23.2 Å². The van der Waals surface area contributed by atoms with Crippen LogP contribution < -0.4 is 5.32 Å². The van der Waals surface area contributed by atoms with E-state index < -0.39 is 11.9 Å². The van der Waals surface area contributed by atoms with Crippen LogP contribution in [-0.2, 0) is 4.79 Å². The van der Waals surface area contributed by atoms with Crippen molar-refractivity contribution in [2.75, 3.05) is 0 Å². The van der Waals surface area contributed by atoms with Crippen molar-refractivity contribution in [2.24, 2.45) is 0 Å². The molecule has 0 fully saturated rings. The first-order valence-corrected chi connectivity index (χ1v) is 6.87. The fourth-order valence-corrected chi connectivity index (χ4v) is 2.16. The molecule has 1 aromatic carbocycles. The van der Waals surface area contributed by atoms with Crippen LogP contribution in [0, 0.1) is 0 Å². The fraction of sp³-hybridized carbons (Fsp3) is 0.0588. The Morgan fingerprint density at radius 2 is 1.70 bits per heavy atom. The van der Waals surface area contributed by atoms with Gasteiger partial charge in [0.2, 0.25) is 12.2 Å². The second-order valence-electron chi connectivity index (χ2n) is 4.84. The highest BCUT2D eigenvalue weighted by Gasteiger charge is 2.17. The Morgan fingerprint density at radius 3 is 2.43 bits per heavy atom. The Kier molecular flexibility index (Phi) is 3.97. The number of amides is 1. The predicted molar refractivity (Wildman–Crippen MR) is 83.5 cm³/mol. The molecule has 2 aromatic heterocycles. The topological polar surface area (TPSA) is 92.2 Å². The van der Waals surface area contributed by atoms with Gasteiger partial charge in [0.15, 0.2) is 0 Å². The summed E-state index contributed by atoms with van der Waals surface area (Å²) in [7, 11) is 0.